The minimum Gasteiger partial charge on any atom is -0.313 e. The zero-order valence-corrected chi connectivity index (χ0v) is 19.7. The lowest BCUT2D eigenvalue weighted by atomic mass is 9.87. The first-order chi connectivity index (χ1) is 16.3. The average Bonchev–Trinajstić information content (AvgIpc) is 3.14. The first-order valence-electron chi connectivity index (χ1n) is 11.8. The predicted molar refractivity (Wildman–Crippen MR) is 141 cm³/mol. The zero-order valence-electron chi connectivity index (χ0n) is 18.8. The third-order valence-corrected chi connectivity index (χ3v) is 10.6. The summed E-state index contributed by atoms with van der Waals surface area (Å²) >= 11 is 0. The molecule has 0 bridgehead atoms. The number of hydrogen-bond acceptors (Lipinski definition) is 1. The Hall–Kier alpha value is -3.15. The molecule has 4 aromatic rings. The summed E-state index contributed by atoms with van der Waals surface area (Å²) in [7, 11) is -2.90. The van der Waals surface area contributed by atoms with Gasteiger partial charge < -0.3 is 4.57 Å². The van der Waals surface area contributed by atoms with Crippen LogP contribution in [-0.2, 0) is 4.57 Å². The van der Waals surface area contributed by atoms with E-state index in [-0.39, 0.29) is 11.6 Å². The fourth-order valence-electron chi connectivity index (χ4n) is 5.28. The Labute approximate surface area is 197 Å². The molecule has 1 aliphatic carbocycles. The van der Waals surface area contributed by atoms with Crippen LogP contribution in [0.4, 0.5) is 0 Å². The molecule has 0 fully saturated rings. The van der Waals surface area contributed by atoms with Gasteiger partial charge in [0.05, 0.1) is 0 Å². The Balaban J connectivity index is 1.66. The maximum atomic E-state index is 15.3. The second-order valence-electron chi connectivity index (χ2n) is 8.79. The van der Waals surface area contributed by atoms with Crippen LogP contribution in [0.2, 0.25) is 0 Å². The third-order valence-electron chi connectivity index (χ3n) is 6.88. The van der Waals surface area contributed by atoms with Gasteiger partial charge in [-0.15, -0.1) is 0 Å². The van der Waals surface area contributed by atoms with Gasteiger partial charge in [-0.05, 0) is 41.9 Å². The van der Waals surface area contributed by atoms with Gasteiger partial charge in [0.25, 0.3) is 0 Å². The maximum absolute atomic E-state index is 15.3. The van der Waals surface area contributed by atoms with Crippen molar-refractivity contribution in [1.29, 1.82) is 0 Å². The maximum Gasteiger partial charge on any atom is 0.146 e. The molecule has 164 valence electrons. The molecule has 33 heavy (non-hydrogen) atoms. The summed E-state index contributed by atoms with van der Waals surface area (Å²) in [5.41, 5.74) is 3.94. The first-order valence-corrected chi connectivity index (χ1v) is 13.5. The minimum absolute atomic E-state index is 0.0298. The van der Waals surface area contributed by atoms with Gasteiger partial charge in [0.2, 0.25) is 0 Å². The van der Waals surface area contributed by atoms with E-state index >= 15 is 4.57 Å². The monoisotopic (exact) mass is 448 g/mol. The van der Waals surface area contributed by atoms with Crippen LogP contribution in [0.15, 0.2) is 127 Å². The largest absolute Gasteiger partial charge is 0.313 e. The molecular formula is C31H29OP. The Morgan fingerprint density at radius 2 is 1.09 bits per heavy atom. The molecule has 0 heterocycles. The molecule has 0 saturated heterocycles. The number of allylic oxidation sites excluding steroid dienone is 2. The molecule has 0 aromatic heterocycles. The quantitative estimate of drug-likeness (QED) is 0.290. The van der Waals surface area contributed by atoms with Crippen LogP contribution < -0.4 is 10.6 Å². The van der Waals surface area contributed by atoms with Crippen LogP contribution in [0.5, 0.6) is 0 Å². The van der Waals surface area contributed by atoms with Crippen molar-refractivity contribution in [3.63, 3.8) is 0 Å². The van der Waals surface area contributed by atoms with E-state index in [1.165, 1.54) is 16.7 Å². The molecule has 0 radical (unpaired) electrons. The Kier molecular flexibility index (Phi) is 6.42. The van der Waals surface area contributed by atoms with Crippen molar-refractivity contribution in [3.8, 4) is 0 Å². The molecular weight excluding hydrogens is 419 g/mol. The van der Waals surface area contributed by atoms with Crippen molar-refractivity contribution < 1.29 is 4.57 Å². The third kappa shape index (κ3) is 4.39. The highest BCUT2D eigenvalue weighted by Gasteiger charge is 2.42. The Morgan fingerprint density at radius 3 is 1.64 bits per heavy atom. The molecule has 2 atom stereocenters. The van der Waals surface area contributed by atoms with Crippen LogP contribution in [0.25, 0.3) is 5.57 Å². The summed E-state index contributed by atoms with van der Waals surface area (Å²) in [4.78, 5) is 0. The van der Waals surface area contributed by atoms with Crippen molar-refractivity contribution in [2.75, 3.05) is 0 Å². The molecule has 0 unspecified atom stereocenters. The van der Waals surface area contributed by atoms with E-state index in [4.69, 9.17) is 0 Å². The van der Waals surface area contributed by atoms with Gasteiger partial charge in [-0.2, -0.15) is 0 Å². The summed E-state index contributed by atoms with van der Waals surface area (Å²) in [6, 6.07) is 41.7. The van der Waals surface area contributed by atoms with Crippen LogP contribution in [0, 0.1) is 0 Å². The highest BCUT2D eigenvalue weighted by molar-refractivity contribution is 7.79. The minimum atomic E-state index is -2.90. The van der Waals surface area contributed by atoms with E-state index in [2.05, 4.69) is 91.0 Å². The highest BCUT2D eigenvalue weighted by atomic mass is 31.2. The van der Waals surface area contributed by atoms with Gasteiger partial charge in [0, 0.05) is 16.3 Å². The van der Waals surface area contributed by atoms with E-state index in [0.717, 1.165) is 29.9 Å². The second kappa shape index (κ2) is 9.77. The van der Waals surface area contributed by atoms with Gasteiger partial charge in [0.1, 0.15) is 7.14 Å². The summed E-state index contributed by atoms with van der Waals surface area (Å²) in [6.07, 6.45) is 5.10. The van der Waals surface area contributed by atoms with E-state index < -0.39 is 7.14 Å². The standard InChI is InChI=1S/C31H29OP/c32-33(28-19-9-3-10-20-28,29-21-11-4-12-22-29)31-23-13-18-27(25-14-5-1-6-15-25)24-30(31)26-16-7-2-8-17-26/h1-12,14-22,30-31H,13,23-24H2/t30-,31+/m0/s1. The van der Waals surface area contributed by atoms with Crippen LogP contribution in [-0.4, -0.2) is 5.66 Å². The van der Waals surface area contributed by atoms with Crippen molar-refractivity contribution >= 4 is 23.3 Å². The summed E-state index contributed by atoms with van der Waals surface area (Å²) in [6.45, 7) is 0. The fraction of sp³-hybridized carbons (Fsp3) is 0.161. The van der Waals surface area contributed by atoms with Crippen molar-refractivity contribution in [2.45, 2.75) is 30.8 Å². The summed E-state index contributed by atoms with van der Waals surface area (Å²) in [5.74, 6) is 0.173. The van der Waals surface area contributed by atoms with Crippen molar-refractivity contribution in [2.24, 2.45) is 0 Å². The van der Waals surface area contributed by atoms with Crippen LogP contribution in [0.1, 0.15) is 36.3 Å². The van der Waals surface area contributed by atoms with Crippen LogP contribution >= 0.6 is 7.14 Å². The lowest BCUT2D eigenvalue weighted by Gasteiger charge is -2.34. The van der Waals surface area contributed by atoms with Gasteiger partial charge in [-0.3, -0.25) is 0 Å². The molecule has 2 heteroatoms. The van der Waals surface area contributed by atoms with Gasteiger partial charge in [-0.1, -0.05) is 127 Å². The molecule has 0 saturated carbocycles. The Bertz CT molecular complexity index is 1200. The van der Waals surface area contributed by atoms with Crippen molar-refractivity contribution in [1.82, 2.24) is 0 Å². The second-order valence-corrected chi connectivity index (χ2v) is 11.8. The molecule has 1 nitrogen and oxygen atoms in total. The molecule has 5 rings (SSSR count). The smallest absolute Gasteiger partial charge is 0.146 e. The zero-order chi connectivity index (χ0) is 22.5. The first kappa shape index (κ1) is 21.7. The fourth-order valence-corrected chi connectivity index (χ4v) is 8.87. The number of rotatable bonds is 5. The lowest BCUT2D eigenvalue weighted by molar-refractivity contribution is 0.549. The molecule has 0 amide bonds. The topological polar surface area (TPSA) is 17.1 Å². The predicted octanol–water partition coefficient (Wildman–Crippen LogP) is 7.42. The van der Waals surface area contributed by atoms with Gasteiger partial charge in [0.15, 0.2) is 0 Å². The summed E-state index contributed by atoms with van der Waals surface area (Å²) < 4.78 is 15.3. The van der Waals surface area contributed by atoms with E-state index in [9.17, 15) is 0 Å². The van der Waals surface area contributed by atoms with E-state index in [1.54, 1.807) is 0 Å². The van der Waals surface area contributed by atoms with Gasteiger partial charge >= 0.3 is 0 Å². The normalized spacial score (nSPS) is 18.8. The SMILES string of the molecule is O=P(c1ccccc1)(c1ccccc1)[C@@H]1CCC=C(c2ccccc2)C[C@H]1c1ccccc1. The average molecular weight is 449 g/mol. The molecule has 4 aromatic carbocycles. The molecule has 0 spiro atoms. The molecule has 0 aliphatic heterocycles. The number of benzene rings is 4. The summed E-state index contributed by atoms with van der Waals surface area (Å²) in [5, 5.41) is 1.93. The molecule has 0 N–H and O–H groups in total. The highest BCUT2D eigenvalue weighted by Crippen LogP contribution is 2.58. The lowest BCUT2D eigenvalue weighted by Crippen LogP contribution is -2.30. The van der Waals surface area contributed by atoms with Crippen molar-refractivity contribution in [3.05, 3.63) is 139 Å². The number of hydrogen-bond donors (Lipinski definition) is 0. The van der Waals surface area contributed by atoms with Gasteiger partial charge in [-0.25, -0.2) is 0 Å². The Morgan fingerprint density at radius 1 is 0.606 bits per heavy atom. The van der Waals surface area contributed by atoms with E-state index in [1.807, 2.05) is 36.4 Å². The van der Waals surface area contributed by atoms with Crippen LogP contribution in [0.3, 0.4) is 0 Å². The van der Waals surface area contributed by atoms with E-state index in [0.29, 0.717) is 0 Å². The molecule has 1 aliphatic rings.